The molecule has 0 radical (unpaired) electrons. The van der Waals surface area contributed by atoms with Gasteiger partial charge in [0.15, 0.2) is 9.84 Å². The molecule has 0 spiro atoms. The number of carbonyl (C=O) groups excluding carboxylic acids is 1. The molecule has 4 nitrogen and oxygen atoms in total. The minimum Gasteiger partial charge on any atom is -0.489 e. The Balaban J connectivity index is 1.97. The molecule has 1 heterocycles. The van der Waals surface area contributed by atoms with Crippen LogP contribution in [0.5, 0.6) is 5.75 Å². The van der Waals surface area contributed by atoms with Crippen LogP contribution in [0.3, 0.4) is 0 Å². The smallest absolute Gasteiger partial charge is 0.154 e. The number of rotatable bonds is 4. The van der Waals surface area contributed by atoms with Crippen LogP contribution in [0, 0.1) is 0 Å². The summed E-state index contributed by atoms with van der Waals surface area (Å²) in [6.07, 6.45) is 0.726. The Hall–Kier alpha value is -1.36. The van der Waals surface area contributed by atoms with Gasteiger partial charge in [0.25, 0.3) is 0 Å². The maximum Gasteiger partial charge on any atom is 0.154 e. The van der Waals surface area contributed by atoms with E-state index in [1.165, 1.54) is 0 Å². The van der Waals surface area contributed by atoms with Gasteiger partial charge in [-0.1, -0.05) is 12.1 Å². The molecule has 98 valence electrons. The SMILES string of the molecule is CC(=O)Cc1ccc(OC2CCS(=O)(=O)C2)cc1. The minimum atomic E-state index is -2.91. The molecule has 0 aliphatic carbocycles. The molecule has 18 heavy (non-hydrogen) atoms. The Morgan fingerprint density at radius 1 is 1.33 bits per heavy atom. The van der Waals surface area contributed by atoms with E-state index in [2.05, 4.69) is 0 Å². The predicted octanol–water partition coefficient (Wildman–Crippen LogP) is 1.38. The Morgan fingerprint density at radius 3 is 2.50 bits per heavy atom. The lowest BCUT2D eigenvalue weighted by Gasteiger charge is -2.12. The fourth-order valence-corrected chi connectivity index (χ4v) is 3.61. The molecule has 1 fully saturated rings. The molecule has 1 saturated heterocycles. The molecule has 0 amide bonds. The number of Topliss-reactive ketones (excluding diaryl/α,β-unsaturated/α-hetero) is 1. The van der Waals surface area contributed by atoms with Crippen LogP contribution in [0.15, 0.2) is 24.3 Å². The van der Waals surface area contributed by atoms with E-state index >= 15 is 0 Å². The third-order valence-electron chi connectivity index (χ3n) is 2.87. The Kier molecular flexibility index (Phi) is 3.71. The van der Waals surface area contributed by atoms with Gasteiger partial charge in [0.2, 0.25) is 0 Å². The van der Waals surface area contributed by atoms with Crippen molar-refractivity contribution in [3.63, 3.8) is 0 Å². The van der Waals surface area contributed by atoms with Gasteiger partial charge in [-0.15, -0.1) is 0 Å². The number of benzene rings is 1. The van der Waals surface area contributed by atoms with Crippen LogP contribution in [0.25, 0.3) is 0 Å². The highest BCUT2D eigenvalue weighted by Crippen LogP contribution is 2.20. The molecule has 1 aliphatic rings. The third-order valence-corrected chi connectivity index (χ3v) is 4.61. The predicted molar refractivity (Wildman–Crippen MR) is 68.5 cm³/mol. The van der Waals surface area contributed by atoms with Crippen molar-refractivity contribution in [1.29, 1.82) is 0 Å². The van der Waals surface area contributed by atoms with E-state index in [4.69, 9.17) is 4.74 Å². The number of carbonyl (C=O) groups is 1. The zero-order valence-electron chi connectivity index (χ0n) is 10.3. The Bertz CT molecular complexity index is 531. The lowest BCUT2D eigenvalue weighted by Crippen LogP contribution is -2.17. The van der Waals surface area contributed by atoms with Crippen molar-refractivity contribution < 1.29 is 17.9 Å². The molecule has 0 saturated carbocycles. The van der Waals surface area contributed by atoms with Crippen LogP contribution in [0.2, 0.25) is 0 Å². The highest BCUT2D eigenvalue weighted by Gasteiger charge is 2.29. The first-order valence-corrected chi connectivity index (χ1v) is 7.72. The summed E-state index contributed by atoms with van der Waals surface area (Å²) in [5.74, 6) is 1.08. The average molecular weight is 268 g/mol. The number of hydrogen-bond acceptors (Lipinski definition) is 4. The molecule has 2 rings (SSSR count). The molecule has 1 atom stereocenters. The second-order valence-corrected chi connectivity index (χ2v) is 6.89. The zero-order chi connectivity index (χ0) is 13.2. The van der Waals surface area contributed by atoms with E-state index < -0.39 is 9.84 Å². The highest BCUT2D eigenvalue weighted by atomic mass is 32.2. The molecule has 0 N–H and O–H groups in total. The topological polar surface area (TPSA) is 60.4 Å². The molecule has 5 heteroatoms. The summed E-state index contributed by atoms with van der Waals surface area (Å²) in [5.41, 5.74) is 0.939. The van der Waals surface area contributed by atoms with Crippen molar-refractivity contribution in [2.45, 2.75) is 25.9 Å². The van der Waals surface area contributed by atoms with Gasteiger partial charge in [-0.3, -0.25) is 4.79 Å². The number of sulfone groups is 1. The van der Waals surface area contributed by atoms with Crippen LogP contribution in [-0.2, 0) is 21.1 Å². The maximum atomic E-state index is 11.3. The van der Waals surface area contributed by atoms with Gasteiger partial charge in [-0.05, 0) is 31.0 Å². The second-order valence-electron chi connectivity index (χ2n) is 4.67. The first-order valence-electron chi connectivity index (χ1n) is 5.90. The van der Waals surface area contributed by atoms with E-state index in [0.717, 1.165) is 5.56 Å². The zero-order valence-corrected chi connectivity index (χ0v) is 11.1. The van der Waals surface area contributed by atoms with Gasteiger partial charge < -0.3 is 4.74 Å². The second kappa shape index (κ2) is 5.10. The van der Waals surface area contributed by atoms with Crippen LogP contribution in [-0.4, -0.2) is 31.8 Å². The maximum absolute atomic E-state index is 11.3. The fourth-order valence-electron chi connectivity index (χ4n) is 2.02. The van der Waals surface area contributed by atoms with Crippen molar-refractivity contribution in [1.82, 2.24) is 0 Å². The summed E-state index contributed by atoms with van der Waals surface area (Å²) in [6, 6.07) is 7.23. The van der Waals surface area contributed by atoms with Crippen molar-refractivity contribution in [2.75, 3.05) is 11.5 Å². The van der Waals surface area contributed by atoms with Gasteiger partial charge in [0.05, 0.1) is 11.5 Å². The van der Waals surface area contributed by atoms with E-state index in [0.29, 0.717) is 18.6 Å². The number of hydrogen-bond donors (Lipinski definition) is 0. The third kappa shape index (κ3) is 3.57. The van der Waals surface area contributed by atoms with E-state index in [-0.39, 0.29) is 23.4 Å². The summed E-state index contributed by atoms with van der Waals surface area (Å²) in [7, 11) is -2.91. The van der Waals surface area contributed by atoms with Crippen LogP contribution in [0.4, 0.5) is 0 Å². The van der Waals surface area contributed by atoms with Crippen molar-refractivity contribution in [2.24, 2.45) is 0 Å². The summed E-state index contributed by atoms with van der Waals surface area (Å²) < 4.78 is 28.2. The fraction of sp³-hybridized carbons (Fsp3) is 0.462. The highest BCUT2D eigenvalue weighted by molar-refractivity contribution is 7.91. The van der Waals surface area contributed by atoms with E-state index in [1.54, 1.807) is 19.1 Å². The van der Waals surface area contributed by atoms with Crippen molar-refractivity contribution in [3.8, 4) is 5.75 Å². The standard InChI is InChI=1S/C13H16O4S/c1-10(14)8-11-2-4-12(5-3-11)17-13-6-7-18(15,16)9-13/h2-5,13H,6-9H2,1H3. The van der Waals surface area contributed by atoms with Gasteiger partial charge in [0.1, 0.15) is 17.6 Å². The van der Waals surface area contributed by atoms with Crippen LogP contribution >= 0.6 is 0 Å². The Labute approximate surface area is 107 Å². The van der Waals surface area contributed by atoms with Crippen molar-refractivity contribution >= 4 is 15.6 Å². The normalized spacial score (nSPS) is 21.7. The molecule has 0 bridgehead atoms. The first-order chi connectivity index (χ1) is 8.44. The summed E-state index contributed by atoms with van der Waals surface area (Å²) in [4.78, 5) is 11.0. The van der Waals surface area contributed by atoms with Gasteiger partial charge in [-0.25, -0.2) is 8.42 Å². The van der Waals surface area contributed by atoms with E-state index in [9.17, 15) is 13.2 Å². The molecular weight excluding hydrogens is 252 g/mol. The number of ether oxygens (including phenoxy) is 1. The molecule has 1 aliphatic heterocycles. The molecule has 1 aromatic rings. The van der Waals surface area contributed by atoms with Crippen LogP contribution in [0.1, 0.15) is 18.9 Å². The Morgan fingerprint density at radius 2 is 2.00 bits per heavy atom. The van der Waals surface area contributed by atoms with Crippen LogP contribution < -0.4 is 4.74 Å². The molecular formula is C13H16O4S. The van der Waals surface area contributed by atoms with E-state index in [1.807, 2.05) is 12.1 Å². The summed E-state index contributed by atoms with van der Waals surface area (Å²) in [5, 5.41) is 0. The van der Waals surface area contributed by atoms with Crippen molar-refractivity contribution in [3.05, 3.63) is 29.8 Å². The molecule has 0 aromatic heterocycles. The summed E-state index contributed by atoms with van der Waals surface area (Å²) >= 11 is 0. The van der Waals surface area contributed by atoms with Gasteiger partial charge >= 0.3 is 0 Å². The quantitative estimate of drug-likeness (QED) is 0.828. The lowest BCUT2D eigenvalue weighted by atomic mass is 10.1. The van der Waals surface area contributed by atoms with Gasteiger partial charge in [-0.2, -0.15) is 0 Å². The van der Waals surface area contributed by atoms with Gasteiger partial charge in [0, 0.05) is 6.42 Å². The number of ketones is 1. The lowest BCUT2D eigenvalue weighted by molar-refractivity contribution is -0.116. The first kappa shape index (κ1) is 13.1. The summed E-state index contributed by atoms with van der Waals surface area (Å²) in [6.45, 7) is 1.55. The average Bonchev–Trinajstić information content (AvgIpc) is 2.60. The molecule has 1 unspecified atom stereocenters. The monoisotopic (exact) mass is 268 g/mol. The molecule has 1 aromatic carbocycles. The minimum absolute atomic E-state index is 0.0994. The largest absolute Gasteiger partial charge is 0.489 e.